The molecule has 0 bridgehead atoms. The number of likely N-dealkylation sites (N-methyl/N-ethyl adjacent to an activating group) is 1. The van der Waals surface area contributed by atoms with Crippen LogP contribution in [0.25, 0.3) is 0 Å². The van der Waals surface area contributed by atoms with E-state index in [0.717, 1.165) is 13.1 Å². The quantitative estimate of drug-likeness (QED) is 0.802. The number of aliphatic hydroxyl groups is 1. The van der Waals surface area contributed by atoms with E-state index >= 15 is 0 Å². The number of rotatable bonds is 2. The Morgan fingerprint density at radius 3 is 2.56 bits per heavy atom. The molecule has 1 saturated heterocycles. The van der Waals surface area contributed by atoms with Crippen LogP contribution in [0.2, 0.25) is 0 Å². The summed E-state index contributed by atoms with van der Waals surface area (Å²) in [6.45, 7) is 6.14. The largest absolute Gasteiger partial charge is 0.432 e. The Kier molecular flexibility index (Phi) is 3.16. The number of nitrogens with zero attached hydrogens (tertiary/aromatic N) is 3. The first-order chi connectivity index (χ1) is 7.61. The molecule has 2 rings (SSSR count). The Balaban J connectivity index is 2.10. The van der Waals surface area contributed by atoms with Crippen LogP contribution in [0, 0.1) is 0 Å². The van der Waals surface area contributed by atoms with Crippen LogP contribution in [0.1, 0.15) is 19.5 Å². The monoisotopic (exact) mass is 225 g/mol. The summed E-state index contributed by atoms with van der Waals surface area (Å²) in [4.78, 5) is 8.72. The number of aromatic nitrogens is 1. The summed E-state index contributed by atoms with van der Waals surface area (Å²) >= 11 is 0. The average molecular weight is 225 g/mol. The van der Waals surface area contributed by atoms with Crippen molar-refractivity contribution in [1.82, 2.24) is 9.88 Å². The third kappa shape index (κ3) is 2.05. The number of anilines is 1. The van der Waals surface area contributed by atoms with E-state index in [9.17, 15) is 0 Å². The van der Waals surface area contributed by atoms with Crippen LogP contribution in [-0.2, 0) is 6.61 Å². The molecule has 2 atom stereocenters. The summed E-state index contributed by atoms with van der Waals surface area (Å²) in [5.74, 6) is 0. The molecule has 5 nitrogen and oxygen atoms in total. The molecule has 2 unspecified atom stereocenters. The van der Waals surface area contributed by atoms with Gasteiger partial charge in [0.2, 0.25) is 0 Å². The predicted octanol–water partition coefficient (Wildman–Crippen LogP) is 0.696. The molecule has 1 fully saturated rings. The zero-order valence-electron chi connectivity index (χ0n) is 10.1. The predicted molar refractivity (Wildman–Crippen MR) is 61.3 cm³/mol. The van der Waals surface area contributed by atoms with Gasteiger partial charge in [0.15, 0.2) is 0 Å². The lowest BCUT2D eigenvalue weighted by Gasteiger charge is -2.41. The van der Waals surface area contributed by atoms with Crippen molar-refractivity contribution in [3.63, 3.8) is 0 Å². The van der Waals surface area contributed by atoms with Crippen molar-refractivity contribution in [3.05, 3.63) is 12.0 Å². The van der Waals surface area contributed by atoms with E-state index in [4.69, 9.17) is 9.52 Å². The van der Waals surface area contributed by atoms with Gasteiger partial charge < -0.3 is 14.4 Å². The normalized spacial score (nSPS) is 27.4. The second-order valence-corrected chi connectivity index (χ2v) is 4.55. The van der Waals surface area contributed by atoms with Gasteiger partial charge in [0, 0.05) is 25.2 Å². The van der Waals surface area contributed by atoms with Crippen molar-refractivity contribution >= 4 is 6.01 Å². The third-order valence-electron chi connectivity index (χ3n) is 3.33. The minimum atomic E-state index is -0.0671. The van der Waals surface area contributed by atoms with Gasteiger partial charge in [-0.05, 0) is 20.9 Å². The Hall–Kier alpha value is -1.07. The maximum absolute atomic E-state index is 8.95. The SMILES string of the molecule is CC1CN(c2nc(CO)co2)CC(C)N1C. The molecule has 0 radical (unpaired) electrons. The van der Waals surface area contributed by atoms with Gasteiger partial charge in [-0.3, -0.25) is 4.90 Å². The number of piperazine rings is 1. The van der Waals surface area contributed by atoms with Crippen LogP contribution in [0.15, 0.2) is 10.7 Å². The van der Waals surface area contributed by atoms with Crippen LogP contribution in [0.3, 0.4) is 0 Å². The fraction of sp³-hybridized carbons (Fsp3) is 0.727. The van der Waals surface area contributed by atoms with Crippen LogP contribution < -0.4 is 4.90 Å². The molecule has 16 heavy (non-hydrogen) atoms. The summed E-state index contributed by atoms with van der Waals surface area (Å²) in [5.41, 5.74) is 0.592. The van der Waals surface area contributed by atoms with Crippen LogP contribution in [0.5, 0.6) is 0 Å². The highest BCUT2D eigenvalue weighted by Crippen LogP contribution is 2.20. The number of hydrogen-bond acceptors (Lipinski definition) is 5. The smallest absolute Gasteiger partial charge is 0.297 e. The molecular formula is C11H19N3O2. The zero-order valence-corrected chi connectivity index (χ0v) is 10.1. The fourth-order valence-corrected chi connectivity index (χ4v) is 2.07. The van der Waals surface area contributed by atoms with Gasteiger partial charge in [0.1, 0.15) is 12.0 Å². The van der Waals surface area contributed by atoms with Crippen LogP contribution in [-0.4, -0.2) is 47.2 Å². The lowest BCUT2D eigenvalue weighted by molar-refractivity contribution is 0.166. The first-order valence-corrected chi connectivity index (χ1v) is 5.64. The minimum absolute atomic E-state index is 0.0671. The van der Waals surface area contributed by atoms with Crippen LogP contribution in [0.4, 0.5) is 6.01 Å². The topological polar surface area (TPSA) is 52.7 Å². The molecule has 0 saturated carbocycles. The van der Waals surface area contributed by atoms with E-state index in [2.05, 4.69) is 35.7 Å². The highest BCUT2D eigenvalue weighted by atomic mass is 16.4. The molecule has 1 aliphatic rings. The fourth-order valence-electron chi connectivity index (χ4n) is 2.07. The van der Waals surface area contributed by atoms with Crippen LogP contribution >= 0.6 is 0 Å². The Labute approximate surface area is 95.7 Å². The molecule has 1 aromatic heterocycles. The Bertz CT molecular complexity index is 341. The molecule has 0 aliphatic carbocycles. The van der Waals surface area contributed by atoms with E-state index < -0.39 is 0 Å². The molecule has 1 aliphatic heterocycles. The number of aliphatic hydroxyl groups excluding tert-OH is 1. The van der Waals surface area contributed by atoms with E-state index in [-0.39, 0.29) is 6.61 Å². The Morgan fingerprint density at radius 2 is 2.06 bits per heavy atom. The van der Waals surface area contributed by atoms with Gasteiger partial charge in [0.05, 0.1) is 6.61 Å². The highest BCUT2D eigenvalue weighted by molar-refractivity contribution is 5.29. The maximum atomic E-state index is 8.95. The molecule has 2 heterocycles. The van der Waals surface area contributed by atoms with Crippen molar-refractivity contribution < 1.29 is 9.52 Å². The summed E-state index contributed by atoms with van der Waals surface area (Å²) < 4.78 is 5.36. The molecule has 0 amide bonds. The molecule has 90 valence electrons. The first kappa shape index (κ1) is 11.4. The number of oxazole rings is 1. The summed E-state index contributed by atoms with van der Waals surface area (Å²) in [6.07, 6.45) is 1.52. The summed E-state index contributed by atoms with van der Waals surface area (Å²) in [7, 11) is 2.14. The second kappa shape index (κ2) is 4.43. The van der Waals surface area contributed by atoms with Gasteiger partial charge in [0.25, 0.3) is 6.01 Å². The molecule has 1 aromatic rings. The van der Waals surface area contributed by atoms with Gasteiger partial charge >= 0.3 is 0 Å². The minimum Gasteiger partial charge on any atom is -0.432 e. The summed E-state index contributed by atoms with van der Waals surface area (Å²) in [5, 5.41) is 8.95. The van der Waals surface area contributed by atoms with Gasteiger partial charge in [-0.15, -0.1) is 0 Å². The van der Waals surface area contributed by atoms with Gasteiger partial charge in [-0.2, -0.15) is 4.98 Å². The first-order valence-electron chi connectivity index (χ1n) is 5.64. The molecule has 1 N–H and O–H groups in total. The average Bonchev–Trinajstić information content (AvgIpc) is 2.73. The molecule has 0 spiro atoms. The van der Waals surface area contributed by atoms with Gasteiger partial charge in [-0.1, -0.05) is 0 Å². The molecular weight excluding hydrogens is 206 g/mol. The lowest BCUT2D eigenvalue weighted by Crippen LogP contribution is -2.55. The summed E-state index contributed by atoms with van der Waals surface area (Å²) in [6, 6.07) is 1.58. The van der Waals surface area contributed by atoms with E-state index in [1.165, 1.54) is 6.26 Å². The molecule has 0 aromatic carbocycles. The van der Waals surface area contributed by atoms with Crippen molar-refractivity contribution in [1.29, 1.82) is 0 Å². The number of hydrogen-bond donors (Lipinski definition) is 1. The lowest BCUT2D eigenvalue weighted by atomic mass is 10.1. The van der Waals surface area contributed by atoms with Crippen molar-refractivity contribution in [2.75, 3.05) is 25.0 Å². The van der Waals surface area contributed by atoms with E-state index in [1.807, 2.05) is 0 Å². The van der Waals surface area contributed by atoms with Crippen molar-refractivity contribution in [3.8, 4) is 0 Å². The third-order valence-corrected chi connectivity index (χ3v) is 3.33. The van der Waals surface area contributed by atoms with E-state index in [1.54, 1.807) is 0 Å². The molecule has 5 heteroatoms. The van der Waals surface area contributed by atoms with Gasteiger partial charge in [-0.25, -0.2) is 0 Å². The second-order valence-electron chi connectivity index (χ2n) is 4.55. The zero-order chi connectivity index (χ0) is 11.7. The standard InChI is InChI=1S/C11H19N3O2/c1-8-4-14(5-9(2)13(8)3)11-12-10(6-15)7-16-11/h7-9,15H,4-6H2,1-3H3. The van der Waals surface area contributed by atoms with Crippen molar-refractivity contribution in [2.24, 2.45) is 0 Å². The van der Waals surface area contributed by atoms with Crippen molar-refractivity contribution in [2.45, 2.75) is 32.5 Å². The van der Waals surface area contributed by atoms with E-state index in [0.29, 0.717) is 23.8 Å². The maximum Gasteiger partial charge on any atom is 0.297 e. The Morgan fingerprint density at radius 1 is 1.44 bits per heavy atom. The highest BCUT2D eigenvalue weighted by Gasteiger charge is 2.28.